The van der Waals surface area contributed by atoms with Crippen molar-refractivity contribution in [1.29, 1.82) is 0 Å². The molecule has 0 aliphatic heterocycles. The summed E-state index contributed by atoms with van der Waals surface area (Å²) in [5.74, 6) is -1.34. The zero-order valence-electron chi connectivity index (χ0n) is 15.7. The van der Waals surface area contributed by atoms with Gasteiger partial charge < -0.3 is 10.1 Å². The molecule has 1 aromatic heterocycles. The predicted octanol–water partition coefficient (Wildman–Crippen LogP) is 2.90. The average Bonchev–Trinajstić information content (AvgIpc) is 2.70. The monoisotopic (exact) mass is 399 g/mol. The van der Waals surface area contributed by atoms with Crippen LogP contribution in [0.2, 0.25) is 0 Å². The van der Waals surface area contributed by atoms with Crippen molar-refractivity contribution in [3.8, 4) is 17.0 Å². The summed E-state index contributed by atoms with van der Waals surface area (Å²) in [6.07, 6.45) is 1.26. The fraction of sp³-hybridized carbons (Fsp3) is 0.190. The summed E-state index contributed by atoms with van der Waals surface area (Å²) in [6, 6.07) is 11.9. The van der Waals surface area contributed by atoms with Crippen LogP contribution in [0, 0.1) is 11.6 Å². The Labute approximate surface area is 165 Å². The number of benzene rings is 2. The largest absolute Gasteiger partial charge is 0.494 e. The third-order valence-corrected chi connectivity index (χ3v) is 4.18. The van der Waals surface area contributed by atoms with E-state index in [1.807, 2.05) is 6.92 Å². The topological polar surface area (TPSA) is 73.2 Å². The maximum absolute atomic E-state index is 13.6. The van der Waals surface area contributed by atoms with Crippen LogP contribution < -0.4 is 15.6 Å². The third-order valence-electron chi connectivity index (χ3n) is 4.18. The molecule has 150 valence electrons. The van der Waals surface area contributed by atoms with Gasteiger partial charge in [-0.2, -0.15) is 0 Å². The van der Waals surface area contributed by atoms with Crippen molar-refractivity contribution < 1.29 is 18.3 Å². The molecule has 3 aromatic rings. The molecule has 6 nitrogen and oxygen atoms in total. The lowest BCUT2D eigenvalue weighted by molar-refractivity contribution is -0.121. The number of hydrogen-bond acceptors (Lipinski definition) is 4. The van der Waals surface area contributed by atoms with E-state index in [2.05, 4.69) is 10.3 Å². The van der Waals surface area contributed by atoms with E-state index >= 15 is 0 Å². The first-order valence-corrected chi connectivity index (χ1v) is 8.97. The van der Waals surface area contributed by atoms with Crippen molar-refractivity contribution in [2.24, 2.45) is 0 Å². The quantitative estimate of drug-likeness (QED) is 0.663. The Hall–Kier alpha value is -3.55. The Morgan fingerprint density at radius 2 is 1.83 bits per heavy atom. The lowest BCUT2D eigenvalue weighted by Gasteiger charge is -2.09. The van der Waals surface area contributed by atoms with E-state index in [9.17, 15) is 18.4 Å². The van der Waals surface area contributed by atoms with Crippen LogP contribution >= 0.6 is 0 Å². The van der Waals surface area contributed by atoms with E-state index in [0.717, 1.165) is 22.3 Å². The van der Waals surface area contributed by atoms with E-state index in [-0.39, 0.29) is 18.7 Å². The van der Waals surface area contributed by atoms with Gasteiger partial charge in [-0.15, -0.1) is 0 Å². The van der Waals surface area contributed by atoms with Crippen molar-refractivity contribution in [2.75, 3.05) is 6.61 Å². The second-order valence-corrected chi connectivity index (χ2v) is 6.17. The van der Waals surface area contributed by atoms with Gasteiger partial charge in [-0.25, -0.2) is 13.8 Å². The van der Waals surface area contributed by atoms with Gasteiger partial charge in [0.2, 0.25) is 5.91 Å². The minimum absolute atomic E-state index is 0.239. The number of carbonyl (C=O) groups is 1. The highest BCUT2D eigenvalue weighted by Crippen LogP contribution is 2.19. The summed E-state index contributed by atoms with van der Waals surface area (Å²) in [7, 11) is 0. The average molecular weight is 399 g/mol. The summed E-state index contributed by atoms with van der Waals surface area (Å²) in [5, 5.41) is 2.40. The van der Waals surface area contributed by atoms with Crippen LogP contribution in [0.1, 0.15) is 12.5 Å². The number of rotatable bonds is 7. The lowest BCUT2D eigenvalue weighted by Crippen LogP contribution is -2.32. The zero-order valence-corrected chi connectivity index (χ0v) is 15.7. The molecule has 0 fully saturated rings. The Morgan fingerprint density at radius 3 is 2.45 bits per heavy atom. The number of nitrogens with one attached hydrogen (secondary N) is 1. The van der Waals surface area contributed by atoms with Crippen molar-refractivity contribution in [2.45, 2.75) is 20.0 Å². The maximum atomic E-state index is 13.6. The lowest BCUT2D eigenvalue weighted by atomic mass is 10.1. The first kappa shape index (κ1) is 20.2. The minimum Gasteiger partial charge on any atom is -0.494 e. The second kappa shape index (κ2) is 9.09. The molecule has 0 saturated carbocycles. The molecular weight excluding hydrogens is 380 g/mol. The van der Waals surface area contributed by atoms with Gasteiger partial charge in [0.15, 0.2) is 0 Å². The number of amides is 1. The molecule has 0 saturated heterocycles. The SMILES string of the molecule is CCOc1ccc(-c2cc(=O)n(CC(=O)NCc3c(F)cccc3F)cn2)cc1. The van der Waals surface area contributed by atoms with Crippen LogP contribution in [0.25, 0.3) is 11.3 Å². The van der Waals surface area contributed by atoms with Gasteiger partial charge in [-0.3, -0.25) is 14.2 Å². The molecular formula is C21H19F2N3O3. The van der Waals surface area contributed by atoms with Gasteiger partial charge in [-0.05, 0) is 43.3 Å². The second-order valence-electron chi connectivity index (χ2n) is 6.17. The Kier molecular flexibility index (Phi) is 6.33. The summed E-state index contributed by atoms with van der Waals surface area (Å²) < 4.78 is 33.7. The zero-order chi connectivity index (χ0) is 20.8. The molecule has 0 radical (unpaired) electrons. The van der Waals surface area contributed by atoms with Crippen LogP contribution in [-0.4, -0.2) is 22.1 Å². The molecule has 0 bridgehead atoms. The molecule has 1 N–H and O–H groups in total. The minimum atomic E-state index is -0.746. The molecule has 1 heterocycles. The first-order chi connectivity index (χ1) is 14.0. The van der Waals surface area contributed by atoms with Crippen molar-refractivity contribution in [3.05, 3.63) is 82.4 Å². The third kappa shape index (κ3) is 5.04. The molecule has 0 spiro atoms. The normalized spacial score (nSPS) is 10.6. The molecule has 8 heteroatoms. The maximum Gasteiger partial charge on any atom is 0.254 e. The van der Waals surface area contributed by atoms with Crippen LogP contribution in [0.5, 0.6) is 5.75 Å². The summed E-state index contributed by atoms with van der Waals surface area (Å²) in [5.41, 5.74) is 0.536. The number of carbonyl (C=O) groups excluding carboxylic acids is 1. The number of ether oxygens (including phenoxy) is 1. The number of hydrogen-bond donors (Lipinski definition) is 1. The fourth-order valence-electron chi connectivity index (χ4n) is 2.69. The van der Waals surface area contributed by atoms with Crippen LogP contribution in [0.3, 0.4) is 0 Å². The van der Waals surface area contributed by atoms with E-state index < -0.39 is 23.1 Å². The van der Waals surface area contributed by atoms with Crippen LogP contribution in [-0.2, 0) is 17.9 Å². The van der Waals surface area contributed by atoms with Crippen LogP contribution in [0.15, 0.2) is 59.7 Å². The van der Waals surface area contributed by atoms with E-state index in [1.165, 1.54) is 18.5 Å². The molecule has 0 atom stereocenters. The van der Waals surface area contributed by atoms with Gasteiger partial charge >= 0.3 is 0 Å². The molecule has 0 unspecified atom stereocenters. The molecule has 1 amide bonds. The highest BCUT2D eigenvalue weighted by atomic mass is 19.1. The summed E-state index contributed by atoms with van der Waals surface area (Å²) in [4.78, 5) is 28.6. The fourth-order valence-corrected chi connectivity index (χ4v) is 2.69. The molecule has 0 aliphatic rings. The van der Waals surface area contributed by atoms with E-state index in [4.69, 9.17) is 4.74 Å². The Morgan fingerprint density at radius 1 is 1.14 bits per heavy atom. The van der Waals surface area contributed by atoms with Crippen molar-refractivity contribution in [1.82, 2.24) is 14.9 Å². The molecule has 2 aromatic carbocycles. The van der Waals surface area contributed by atoms with Gasteiger partial charge in [0, 0.05) is 23.7 Å². The smallest absolute Gasteiger partial charge is 0.254 e. The number of nitrogens with zero attached hydrogens (tertiary/aromatic N) is 2. The summed E-state index contributed by atoms with van der Waals surface area (Å²) >= 11 is 0. The Bertz CT molecular complexity index is 1050. The molecule has 29 heavy (non-hydrogen) atoms. The van der Waals surface area contributed by atoms with Gasteiger partial charge in [0.1, 0.15) is 23.9 Å². The van der Waals surface area contributed by atoms with Gasteiger partial charge in [0.05, 0.1) is 18.6 Å². The van der Waals surface area contributed by atoms with Gasteiger partial charge in [0.25, 0.3) is 5.56 Å². The first-order valence-electron chi connectivity index (χ1n) is 8.97. The van der Waals surface area contributed by atoms with Crippen molar-refractivity contribution >= 4 is 5.91 Å². The molecule has 3 rings (SSSR count). The molecule has 0 aliphatic carbocycles. The van der Waals surface area contributed by atoms with Crippen LogP contribution in [0.4, 0.5) is 8.78 Å². The summed E-state index contributed by atoms with van der Waals surface area (Å²) in [6.45, 7) is 1.81. The van der Waals surface area contributed by atoms with Gasteiger partial charge in [-0.1, -0.05) is 6.07 Å². The Balaban J connectivity index is 1.65. The predicted molar refractivity (Wildman–Crippen MR) is 103 cm³/mol. The van der Waals surface area contributed by atoms with E-state index in [0.29, 0.717) is 18.1 Å². The van der Waals surface area contributed by atoms with Crippen molar-refractivity contribution in [3.63, 3.8) is 0 Å². The number of halogens is 2. The highest BCUT2D eigenvalue weighted by molar-refractivity contribution is 5.75. The highest BCUT2D eigenvalue weighted by Gasteiger charge is 2.11. The van der Waals surface area contributed by atoms with E-state index in [1.54, 1.807) is 24.3 Å². The number of aromatic nitrogens is 2. The standard InChI is InChI=1S/C21H19F2N3O3/c1-2-29-15-8-6-14(7-9-15)19-10-21(28)26(13-25-19)12-20(27)24-11-16-17(22)4-3-5-18(16)23/h3-10,13H,2,11-12H2,1H3,(H,24,27).